The molecule has 1 aliphatic carbocycles. The number of rotatable bonds is 2. The van der Waals surface area contributed by atoms with Crippen molar-refractivity contribution >= 4 is 55.7 Å². The molecule has 0 atom stereocenters. The zero-order chi connectivity index (χ0) is 37.7. The normalized spacial score (nSPS) is 13.8. The van der Waals surface area contributed by atoms with Gasteiger partial charge in [-0.3, -0.25) is 17.9 Å². The van der Waals surface area contributed by atoms with Gasteiger partial charge in [0.25, 0.3) is 0 Å². The van der Waals surface area contributed by atoms with Crippen molar-refractivity contribution in [1.29, 1.82) is 0 Å². The highest BCUT2D eigenvalue weighted by Gasteiger charge is 2.53. The summed E-state index contributed by atoms with van der Waals surface area (Å²) in [5.41, 5.74) is 14.5. The van der Waals surface area contributed by atoms with Gasteiger partial charge < -0.3 is 4.74 Å². The maximum Gasteiger partial charge on any atom is 0.220 e. The number of hydrogen-bond donors (Lipinski definition) is 0. The van der Waals surface area contributed by atoms with E-state index < -0.39 is 5.41 Å². The second-order valence-corrected chi connectivity index (χ2v) is 14.9. The number of para-hydroxylation sites is 8. The first-order valence-corrected chi connectivity index (χ1v) is 19.1. The van der Waals surface area contributed by atoms with Gasteiger partial charge in [-0.05, 0) is 60.7 Å². The van der Waals surface area contributed by atoms with Gasteiger partial charge in [0, 0.05) is 46.8 Å². The molecule has 7 heterocycles. The summed E-state index contributed by atoms with van der Waals surface area (Å²) in [4.78, 5) is 29.1. The second-order valence-electron chi connectivity index (χ2n) is 14.9. The number of benzene rings is 6. The van der Waals surface area contributed by atoms with E-state index in [2.05, 4.69) is 149 Å². The minimum atomic E-state index is -0.862. The fraction of sp³-hybridized carbons (Fsp3) is 0.0213. The molecule has 0 amide bonds. The van der Waals surface area contributed by atoms with Crippen LogP contribution in [0.25, 0.3) is 78.5 Å². The Morgan fingerprint density at radius 2 is 0.862 bits per heavy atom. The third-order valence-corrected chi connectivity index (χ3v) is 12.1. The summed E-state index contributed by atoms with van der Waals surface area (Å²) in [6.45, 7) is 0. The largest absolute Gasteiger partial charge is 0.457 e. The Labute approximate surface area is 327 Å². The van der Waals surface area contributed by atoms with Crippen LogP contribution in [0, 0.1) is 0 Å². The number of aromatic nitrogens is 10. The maximum absolute atomic E-state index is 7.18. The number of imidazole rings is 4. The van der Waals surface area contributed by atoms with Crippen molar-refractivity contribution in [3.8, 4) is 34.3 Å². The van der Waals surface area contributed by atoms with Gasteiger partial charge in [-0.15, -0.1) is 0 Å². The lowest BCUT2D eigenvalue weighted by atomic mass is 9.67. The lowest BCUT2D eigenvalue weighted by Crippen LogP contribution is -2.32. The molecule has 0 bridgehead atoms. The van der Waals surface area contributed by atoms with Gasteiger partial charge in [0.05, 0.1) is 72.3 Å². The standard InChI is InChI=1S/C47H26N10O/c1-3-11-35-33(9-1)52-45-54(37-13-5-7-15-39(37)56(35)45)27-17-19-29-41(21-27)58-42-22-28(55-38-14-6-8-16-40(38)57-36-12-4-2-10-34(36)53-46(55)57)18-20-30(42)47(29)31-23-48-25-50-43(31)44-32(47)24-49-26-51-44/h1-26H. The van der Waals surface area contributed by atoms with Crippen molar-refractivity contribution in [1.82, 2.24) is 47.8 Å². The monoisotopic (exact) mass is 746 g/mol. The summed E-state index contributed by atoms with van der Waals surface area (Å²) in [7, 11) is 0. The van der Waals surface area contributed by atoms with Crippen LogP contribution in [0.15, 0.2) is 159 Å². The Morgan fingerprint density at radius 1 is 0.431 bits per heavy atom. The molecule has 1 spiro atoms. The van der Waals surface area contributed by atoms with Gasteiger partial charge in [-0.1, -0.05) is 60.7 Å². The molecule has 2 aliphatic rings. The smallest absolute Gasteiger partial charge is 0.220 e. The van der Waals surface area contributed by atoms with Crippen molar-refractivity contribution in [2.75, 3.05) is 0 Å². The Bertz CT molecular complexity index is 3510. The average Bonchev–Trinajstić information content (AvgIpc) is 4.06. The van der Waals surface area contributed by atoms with E-state index >= 15 is 0 Å². The van der Waals surface area contributed by atoms with Crippen LogP contribution in [0.2, 0.25) is 0 Å². The zero-order valence-electron chi connectivity index (χ0n) is 30.4. The Morgan fingerprint density at radius 3 is 1.34 bits per heavy atom. The molecule has 0 fully saturated rings. The van der Waals surface area contributed by atoms with Gasteiger partial charge in [0.1, 0.15) is 24.2 Å². The first-order chi connectivity index (χ1) is 28.8. The first-order valence-electron chi connectivity index (χ1n) is 19.1. The average molecular weight is 747 g/mol. The lowest BCUT2D eigenvalue weighted by Gasteiger charge is -2.38. The van der Waals surface area contributed by atoms with E-state index in [4.69, 9.17) is 24.7 Å². The molecule has 0 saturated carbocycles. The van der Waals surface area contributed by atoms with E-state index in [0.29, 0.717) is 11.5 Å². The Balaban J connectivity index is 1.06. The first kappa shape index (κ1) is 30.1. The molecule has 0 N–H and O–H groups in total. The van der Waals surface area contributed by atoms with Crippen LogP contribution >= 0.6 is 0 Å². The third-order valence-electron chi connectivity index (χ3n) is 12.1. The molecule has 6 aromatic carbocycles. The fourth-order valence-electron chi connectivity index (χ4n) is 9.87. The summed E-state index contributed by atoms with van der Waals surface area (Å²) in [5.74, 6) is 3.05. The van der Waals surface area contributed by atoms with Crippen LogP contribution in [0.5, 0.6) is 11.5 Å². The zero-order valence-corrected chi connectivity index (χ0v) is 30.4. The van der Waals surface area contributed by atoms with E-state index in [0.717, 1.165) is 101 Å². The molecule has 6 aromatic heterocycles. The summed E-state index contributed by atoms with van der Waals surface area (Å²) in [6, 6.07) is 46.3. The van der Waals surface area contributed by atoms with E-state index in [1.807, 2.05) is 24.5 Å². The van der Waals surface area contributed by atoms with Gasteiger partial charge in [0.2, 0.25) is 11.6 Å². The molecule has 11 nitrogen and oxygen atoms in total. The predicted octanol–water partition coefficient (Wildman–Crippen LogP) is 9.22. The maximum atomic E-state index is 7.18. The predicted molar refractivity (Wildman–Crippen MR) is 221 cm³/mol. The van der Waals surface area contributed by atoms with Crippen LogP contribution in [0.1, 0.15) is 22.3 Å². The summed E-state index contributed by atoms with van der Waals surface area (Å²) in [5, 5.41) is 0. The summed E-state index contributed by atoms with van der Waals surface area (Å²) in [6.07, 6.45) is 7.02. The molecule has 0 saturated heterocycles. The van der Waals surface area contributed by atoms with Crippen molar-refractivity contribution in [3.05, 3.63) is 181 Å². The van der Waals surface area contributed by atoms with E-state index in [1.165, 1.54) is 0 Å². The number of hydrogen-bond acceptors (Lipinski definition) is 7. The number of fused-ring (bicyclic) bond motifs is 19. The highest BCUT2D eigenvalue weighted by molar-refractivity contribution is 5.94. The highest BCUT2D eigenvalue weighted by Crippen LogP contribution is 2.61. The number of ether oxygens (including phenoxy) is 1. The van der Waals surface area contributed by atoms with E-state index in [1.54, 1.807) is 12.7 Å². The SMILES string of the molecule is c1ccc2c(c1)nc1n(-c3ccc4c(c3)Oc3cc(-n5c6ccccc6n6c7ccccc7nc56)ccc3C43c4cncnc4-c4ncncc43)c3ccccc3n21. The van der Waals surface area contributed by atoms with Crippen LogP contribution in [0.4, 0.5) is 0 Å². The van der Waals surface area contributed by atoms with Gasteiger partial charge in [0.15, 0.2) is 0 Å². The lowest BCUT2D eigenvalue weighted by molar-refractivity contribution is 0.435. The molecule has 0 radical (unpaired) electrons. The quantitative estimate of drug-likeness (QED) is 0.174. The van der Waals surface area contributed by atoms with Crippen molar-refractivity contribution < 1.29 is 4.74 Å². The molecule has 14 rings (SSSR count). The van der Waals surface area contributed by atoms with Crippen molar-refractivity contribution in [2.24, 2.45) is 0 Å². The Hall–Kier alpha value is -8.18. The molecule has 58 heavy (non-hydrogen) atoms. The van der Waals surface area contributed by atoms with Crippen molar-refractivity contribution in [3.63, 3.8) is 0 Å². The summed E-state index contributed by atoms with van der Waals surface area (Å²) < 4.78 is 16.1. The molecule has 270 valence electrons. The van der Waals surface area contributed by atoms with E-state index in [9.17, 15) is 0 Å². The topological polar surface area (TPSA) is 105 Å². The van der Waals surface area contributed by atoms with Gasteiger partial charge >= 0.3 is 0 Å². The van der Waals surface area contributed by atoms with Gasteiger partial charge in [-0.25, -0.2) is 29.9 Å². The second kappa shape index (κ2) is 10.6. The molecule has 11 heteroatoms. The molecule has 1 aliphatic heterocycles. The third kappa shape index (κ3) is 3.55. The minimum absolute atomic E-state index is 0.703. The molecular weight excluding hydrogens is 721 g/mol. The number of nitrogens with zero attached hydrogens (tertiary/aromatic N) is 10. The molecule has 12 aromatic rings. The van der Waals surface area contributed by atoms with Crippen LogP contribution < -0.4 is 4.74 Å². The van der Waals surface area contributed by atoms with E-state index in [-0.39, 0.29) is 0 Å². The molecule has 0 unspecified atom stereocenters. The summed E-state index contributed by atoms with van der Waals surface area (Å²) >= 11 is 0. The highest BCUT2D eigenvalue weighted by atomic mass is 16.5. The van der Waals surface area contributed by atoms with Crippen LogP contribution in [0.3, 0.4) is 0 Å². The van der Waals surface area contributed by atoms with Gasteiger partial charge in [-0.2, -0.15) is 0 Å². The van der Waals surface area contributed by atoms with Crippen LogP contribution in [-0.4, -0.2) is 47.8 Å². The van der Waals surface area contributed by atoms with Crippen molar-refractivity contribution in [2.45, 2.75) is 5.41 Å². The molecular formula is C47H26N10O. The fourth-order valence-corrected chi connectivity index (χ4v) is 9.87. The Kier molecular flexibility index (Phi) is 5.48. The van der Waals surface area contributed by atoms with Crippen LogP contribution in [-0.2, 0) is 5.41 Å². The minimum Gasteiger partial charge on any atom is -0.457 e.